The highest BCUT2D eigenvalue weighted by atomic mass is 16.5. The highest BCUT2D eigenvalue weighted by molar-refractivity contribution is 5.93. The van der Waals surface area contributed by atoms with Gasteiger partial charge in [0, 0.05) is 30.9 Å². The zero-order chi connectivity index (χ0) is 17.6. The minimum Gasteiger partial charge on any atom is -0.380 e. The van der Waals surface area contributed by atoms with Crippen molar-refractivity contribution in [1.29, 1.82) is 0 Å². The second-order valence-electron chi connectivity index (χ2n) is 6.51. The van der Waals surface area contributed by atoms with Crippen molar-refractivity contribution in [1.82, 2.24) is 4.90 Å². The van der Waals surface area contributed by atoms with Crippen molar-refractivity contribution in [3.05, 3.63) is 65.7 Å². The number of nitrogens with zero attached hydrogens (tertiary/aromatic N) is 1. The second-order valence-corrected chi connectivity index (χ2v) is 6.51. The molecule has 2 aromatic carbocycles. The van der Waals surface area contributed by atoms with E-state index in [1.54, 1.807) is 12.1 Å². The summed E-state index contributed by atoms with van der Waals surface area (Å²) in [4.78, 5) is 13.7. The second kappa shape index (κ2) is 8.14. The number of benzene rings is 2. The van der Waals surface area contributed by atoms with Gasteiger partial charge in [-0.1, -0.05) is 36.4 Å². The lowest BCUT2D eigenvalue weighted by Crippen LogP contribution is -2.48. The molecule has 2 aromatic rings. The van der Waals surface area contributed by atoms with E-state index in [-0.39, 0.29) is 12.1 Å². The first-order chi connectivity index (χ1) is 12.1. The predicted octanol–water partition coefficient (Wildman–Crippen LogP) is 2.49. The fraction of sp³-hybridized carbons (Fsp3) is 0.350. The Labute approximate surface area is 148 Å². The quantitative estimate of drug-likeness (QED) is 0.848. The first-order valence-corrected chi connectivity index (χ1v) is 8.66. The molecular weight excluding hydrogens is 314 g/mol. The van der Waals surface area contributed by atoms with Gasteiger partial charge in [0.25, 0.3) is 0 Å². The normalized spacial score (nSPS) is 19.3. The summed E-state index contributed by atoms with van der Waals surface area (Å²) in [5, 5.41) is 3.43. The SMILES string of the molecule is C[C@@H](Nc1cccc(C(N)=O)c1)[C@@H]1CN(Cc2ccccc2)CCO1. The maximum atomic E-state index is 11.3. The molecule has 3 rings (SSSR count). The van der Waals surface area contributed by atoms with E-state index in [9.17, 15) is 4.79 Å². The molecule has 1 saturated heterocycles. The molecule has 5 heteroatoms. The highest BCUT2D eigenvalue weighted by Crippen LogP contribution is 2.17. The van der Waals surface area contributed by atoms with Gasteiger partial charge in [0.15, 0.2) is 0 Å². The smallest absolute Gasteiger partial charge is 0.248 e. The number of carbonyl (C=O) groups is 1. The molecule has 1 amide bonds. The van der Waals surface area contributed by atoms with Crippen LogP contribution in [0.4, 0.5) is 5.69 Å². The van der Waals surface area contributed by atoms with E-state index in [1.807, 2.05) is 18.2 Å². The van der Waals surface area contributed by atoms with E-state index >= 15 is 0 Å². The maximum Gasteiger partial charge on any atom is 0.248 e. The summed E-state index contributed by atoms with van der Waals surface area (Å²) in [6.45, 7) is 5.58. The van der Waals surface area contributed by atoms with Gasteiger partial charge in [0.2, 0.25) is 5.91 Å². The molecule has 0 bridgehead atoms. The van der Waals surface area contributed by atoms with Crippen molar-refractivity contribution in [2.45, 2.75) is 25.6 Å². The fourth-order valence-electron chi connectivity index (χ4n) is 3.14. The summed E-state index contributed by atoms with van der Waals surface area (Å²) in [5.41, 5.74) is 8.06. The summed E-state index contributed by atoms with van der Waals surface area (Å²) in [5.74, 6) is -0.417. The number of anilines is 1. The third-order valence-corrected chi connectivity index (χ3v) is 4.53. The van der Waals surface area contributed by atoms with Gasteiger partial charge in [-0.25, -0.2) is 0 Å². The van der Waals surface area contributed by atoms with Crippen molar-refractivity contribution < 1.29 is 9.53 Å². The summed E-state index contributed by atoms with van der Waals surface area (Å²) < 4.78 is 5.96. The lowest BCUT2D eigenvalue weighted by Gasteiger charge is -2.36. The molecule has 0 spiro atoms. The van der Waals surface area contributed by atoms with E-state index < -0.39 is 5.91 Å². The van der Waals surface area contributed by atoms with Crippen LogP contribution in [0.25, 0.3) is 0 Å². The maximum absolute atomic E-state index is 11.3. The van der Waals surface area contributed by atoms with E-state index in [1.165, 1.54) is 5.56 Å². The minimum atomic E-state index is -0.417. The van der Waals surface area contributed by atoms with E-state index in [0.29, 0.717) is 5.56 Å². The van der Waals surface area contributed by atoms with Crippen molar-refractivity contribution in [2.24, 2.45) is 5.73 Å². The van der Waals surface area contributed by atoms with Crippen LogP contribution >= 0.6 is 0 Å². The van der Waals surface area contributed by atoms with Crippen LogP contribution < -0.4 is 11.1 Å². The number of nitrogens with one attached hydrogen (secondary N) is 1. The van der Waals surface area contributed by atoms with Gasteiger partial charge in [-0.15, -0.1) is 0 Å². The number of ether oxygens (including phenoxy) is 1. The molecule has 5 nitrogen and oxygen atoms in total. The fourth-order valence-corrected chi connectivity index (χ4v) is 3.14. The van der Waals surface area contributed by atoms with Gasteiger partial charge in [-0.3, -0.25) is 9.69 Å². The summed E-state index contributed by atoms with van der Waals surface area (Å²) >= 11 is 0. The van der Waals surface area contributed by atoms with Crippen LogP contribution in [-0.4, -0.2) is 42.6 Å². The third kappa shape index (κ3) is 4.81. The molecule has 0 aromatic heterocycles. The molecule has 0 radical (unpaired) electrons. The molecule has 0 aliphatic carbocycles. The number of morpholine rings is 1. The lowest BCUT2D eigenvalue weighted by atomic mass is 10.1. The van der Waals surface area contributed by atoms with Crippen LogP contribution in [0.3, 0.4) is 0 Å². The molecule has 1 heterocycles. The van der Waals surface area contributed by atoms with Gasteiger partial charge in [-0.2, -0.15) is 0 Å². The van der Waals surface area contributed by atoms with E-state index in [2.05, 4.69) is 41.4 Å². The Kier molecular flexibility index (Phi) is 5.68. The molecule has 1 aliphatic heterocycles. The Morgan fingerprint density at radius 2 is 2.08 bits per heavy atom. The lowest BCUT2D eigenvalue weighted by molar-refractivity contribution is -0.0373. The standard InChI is InChI=1S/C20H25N3O2/c1-15(22-18-9-5-8-17(12-18)20(21)24)19-14-23(10-11-25-19)13-16-6-3-2-4-7-16/h2-9,12,15,19,22H,10-11,13-14H2,1H3,(H2,21,24)/t15-,19+/m1/s1. The van der Waals surface area contributed by atoms with Gasteiger partial charge < -0.3 is 15.8 Å². The molecule has 0 saturated carbocycles. The Hall–Kier alpha value is -2.37. The van der Waals surface area contributed by atoms with Crippen molar-refractivity contribution in [3.8, 4) is 0 Å². The summed E-state index contributed by atoms with van der Waals surface area (Å²) in [7, 11) is 0. The third-order valence-electron chi connectivity index (χ3n) is 4.53. The van der Waals surface area contributed by atoms with Gasteiger partial charge >= 0.3 is 0 Å². The molecule has 2 atom stereocenters. The average molecular weight is 339 g/mol. The minimum absolute atomic E-state index is 0.0923. The number of rotatable bonds is 6. The number of nitrogens with two attached hydrogens (primary N) is 1. The van der Waals surface area contributed by atoms with Crippen LogP contribution in [0.2, 0.25) is 0 Å². The average Bonchev–Trinajstić information content (AvgIpc) is 2.63. The van der Waals surface area contributed by atoms with Crippen LogP contribution in [-0.2, 0) is 11.3 Å². The Morgan fingerprint density at radius 3 is 2.84 bits per heavy atom. The number of primary amides is 1. The zero-order valence-electron chi connectivity index (χ0n) is 14.5. The van der Waals surface area contributed by atoms with Gasteiger partial charge in [0.05, 0.1) is 18.8 Å². The number of carbonyl (C=O) groups excluding carboxylic acids is 1. The topological polar surface area (TPSA) is 67.6 Å². The summed E-state index contributed by atoms with van der Waals surface area (Å²) in [6, 6.07) is 17.9. The first-order valence-electron chi connectivity index (χ1n) is 8.66. The molecule has 1 aliphatic rings. The van der Waals surface area contributed by atoms with Crippen LogP contribution in [0.1, 0.15) is 22.8 Å². The largest absolute Gasteiger partial charge is 0.380 e. The molecular formula is C20H25N3O2. The van der Waals surface area contributed by atoms with E-state index in [4.69, 9.17) is 10.5 Å². The molecule has 0 unspecified atom stereocenters. The van der Waals surface area contributed by atoms with E-state index in [0.717, 1.165) is 31.9 Å². The van der Waals surface area contributed by atoms with Crippen molar-refractivity contribution in [3.63, 3.8) is 0 Å². The van der Waals surface area contributed by atoms with Crippen LogP contribution in [0.5, 0.6) is 0 Å². The first kappa shape index (κ1) is 17.5. The van der Waals surface area contributed by atoms with Gasteiger partial charge in [0.1, 0.15) is 0 Å². The summed E-state index contributed by atoms with van der Waals surface area (Å²) in [6.07, 6.45) is 0.0923. The van der Waals surface area contributed by atoms with Gasteiger partial charge in [-0.05, 0) is 30.7 Å². The number of hydrogen-bond acceptors (Lipinski definition) is 4. The predicted molar refractivity (Wildman–Crippen MR) is 99.5 cm³/mol. The van der Waals surface area contributed by atoms with Crippen molar-refractivity contribution in [2.75, 3.05) is 25.0 Å². The van der Waals surface area contributed by atoms with Crippen molar-refractivity contribution >= 4 is 11.6 Å². The molecule has 1 fully saturated rings. The Balaban J connectivity index is 1.59. The molecule has 3 N–H and O–H groups in total. The number of amides is 1. The zero-order valence-corrected chi connectivity index (χ0v) is 14.5. The van der Waals surface area contributed by atoms with Crippen LogP contribution in [0.15, 0.2) is 54.6 Å². The molecule has 25 heavy (non-hydrogen) atoms. The Morgan fingerprint density at radius 1 is 1.28 bits per heavy atom. The monoisotopic (exact) mass is 339 g/mol. The van der Waals surface area contributed by atoms with Crippen LogP contribution in [0, 0.1) is 0 Å². The molecule has 132 valence electrons. The Bertz CT molecular complexity index is 705. The number of hydrogen-bond donors (Lipinski definition) is 2. The highest BCUT2D eigenvalue weighted by Gasteiger charge is 2.25.